The molecule has 0 unspecified atom stereocenters. The first kappa shape index (κ1) is 20.0. The van der Waals surface area contributed by atoms with Crippen LogP contribution in [0, 0.1) is 0 Å². The highest BCUT2D eigenvalue weighted by atomic mass is 16.5. The van der Waals surface area contributed by atoms with Crippen LogP contribution in [0.15, 0.2) is 18.2 Å². The van der Waals surface area contributed by atoms with E-state index in [2.05, 4.69) is 28.3 Å². The van der Waals surface area contributed by atoms with E-state index in [1.807, 2.05) is 24.0 Å². The fourth-order valence-electron chi connectivity index (χ4n) is 5.01. The maximum absolute atomic E-state index is 13.0. The van der Waals surface area contributed by atoms with Gasteiger partial charge in [0, 0.05) is 41.2 Å². The van der Waals surface area contributed by atoms with Crippen molar-refractivity contribution in [3.8, 4) is 5.75 Å². The maximum atomic E-state index is 13.0. The lowest BCUT2D eigenvalue weighted by atomic mass is 9.68. The number of nitrogens with zero attached hydrogens (tertiary/aromatic N) is 2. The first-order valence-electron chi connectivity index (χ1n) is 10.6. The van der Waals surface area contributed by atoms with Crippen molar-refractivity contribution in [3.05, 3.63) is 29.5 Å². The van der Waals surface area contributed by atoms with Crippen LogP contribution >= 0.6 is 0 Å². The molecule has 158 valence electrons. The molecule has 3 N–H and O–H groups in total. The number of aromatic nitrogens is 1. The quantitative estimate of drug-likeness (QED) is 0.737. The number of carbonyl (C=O) groups is 1. The van der Waals surface area contributed by atoms with E-state index in [1.165, 1.54) is 10.9 Å². The summed E-state index contributed by atoms with van der Waals surface area (Å²) in [7, 11) is 3.82. The Morgan fingerprint density at radius 3 is 2.79 bits per heavy atom. The summed E-state index contributed by atoms with van der Waals surface area (Å²) in [6, 6.07) is 5.65. The van der Waals surface area contributed by atoms with Gasteiger partial charge in [0.05, 0.1) is 19.8 Å². The summed E-state index contributed by atoms with van der Waals surface area (Å²) in [5.74, 6) is 0.798. The molecule has 1 spiro atoms. The molecule has 7 nitrogen and oxygen atoms in total. The lowest BCUT2D eigenvalue weighted by molar-refractivity contribution is 0.0732. The first-order chi connectivity index (χ1) is 14.0. The van der Waals surface area contributed by atoms with Gasteiger partial charge < -0.3 is 29.9 Å². The molecule has 0 aliphatic carbocycles. The van der Waals surface area contributed by atoms with E-state index < -0.39 is 0 Å². The number of aliphatic hydroxyl groups is 1. The van der Waals surface area contributed by atoms with Crippen molar-refractivity contribution in [1.29, 1.82) is 0 Å². The number of ether oxygens (including phenoxy) is 1. The van der Waals surface area contributed by atoms with Crippen molar-refractivity contribution in [2.75, 3.05) is 46.9 Å². The molecule has 1 aromatic carbocycles. The van der Waals surface area contributed by atoms with Crippen LogP contribution < -0.4 is 10.1 Å². The van der Waals surface area contributed by atoms with Crippen LogP contribution in [0.1, 0.15) is 43.5 Å². The number of nitrogens with one attached hydrogen (secondary N) is 2. The van der Waals surface area contributed by atoms with Gasteiger partial charge in [0.15, 0.2) is 0 Å². The number of urea groups is 1. The van der Waals surface area contributed by atoms with E-state index in [4.69, 9.17) is 4.74 Å². The van der Waals surface area contributed by atoms with Gasteiger partial charge in [-0.05, 0) is 57.1 Å². The van der Waals surface area contributed by atoms with E-state index in [-0.39, 0.29) is 24.1 Å². The largest absolute Gasteiger partial charge is 0.497 e. The predicted molar refractivity (Wildman–Crippen MR) is 113 cm³/mol. The summed E-state index contributed by atoms with van der Waals surface area (Å²) in [5, 5.41) is 14.5. The third-order valence-corrected chi connectivity index (χ3v) is 6.65. The van der Waals surface area contributed by atoms with Gasteiger partial charge in [-0.25, -0.2) is 4.79 Å². The fourth-order valence-corrected chi connectivity index (χ4v) is 5.01. The number of methoxy groups -OCH3 is 1. The van der Waals surface area contributed by atoms with Crippen molar-refractivity contribution in [2.24, 2.45) is 0 Å². The molecule has 1 fully saturated rings. The Hall–Kier alpha value is -2.25. The summed E-state index contributed by atoms with van der Waals surface area (Å²) < 4.78 is 5.41. The number of benzene rings is 1. The zero-order valence-corrected chi connectivity index (χ0v) is 17.6. The lowest BCUT2D eigenvalue weighted by Crippen LogP contribution is -2.56. The molecule has 29 heavy (non-hydrogen) atoms. The first-order valence-corrected chi connectivity index (χ1v) is 10.6. The summed E-state index contributed by atoms with van der Waals surface area (Å²) in [6.45, 7) is 5.20. The highest BCUT2D eigenvalue weighted by molar-refractivity contribution is 5.88. The molecular formula is C22H32N4O3. The molecule has 0 bridgehead atoms. The van der Waals surface area contributed by atoms with Crippen LogP contribution in [-0.2, 0) is 5.41 Å². The molecule has 2 aromatic rings. The van der Waals surface area contributed by atoms with Gasteiger partial charge in [-0.1, -0.05) is 6.92 Å². The van der Waals surface area contributed by atoms with Gasteiger partial charge in [0.25, 0.3) is 0 Å². The summed E-state index contributed by atoms with van der Waals surface area (Å²) in [6.07, 6.45) is 2.87. The number of hydrogen-bond donors (Lipinski definition) is 3. The lowest BCUT2D eigenvalue weighted by Gasteiger charge is -2.49. The van der Waals surface area contributed by atoms with E-state index in [0.717, 1.165) is 49.3 Å². The van der Waals surface area contributed by atoms with Crippen LogP contribution in [0.5, 0.6) is 5.75 Å². The second-order valence-electron chi connectivity index (χ2n) is 8.47. The van der Waals surface area contributed by atoms with Gasteiger partial charge in [-0.3, -0.25) is 0 Å². The fraction of sp³-hybridized carbons (Fsp3) is 0.591. The number of hydrogen-bond acceptors (Lipinski definition) is 4. The van der Waals surface area contributed by atoms with Crippen molar-refractivity contribution < 1.29 is 14.6 Å². The van der Waals surface area contributed by atoms with Gasteiger partial charge in [0.1, 0.15) is 5.75 Å². The van der Waals surface area contributed by atoms with Gasteiger partial charge >= 0.3 is 6.03 Å². The Bertz CT molecular complexity index is 886. The standard InChI is InChI=1S/C22H32N4O3/c1-4-9-23-21(28)26-14-22(7-10-25(2)11-8-22)19-16-6-5-15(29-3)12-17(16)24-20(19)18(26)13-27/h5-6,12,18,24,27H,4,7-11,13-14H2,1-3H3,(H,23,28)/t18-/m0/s1. The van der Waals surface area contributed by atoms with Crippen LogP contribution in [-0.4, -0.2) is 72.9 Å². The molecule has 7 heteroatoms. The number of likely N-dealkylation sites (tertiary alicyclic amines) is 1. The molecular weight excluding hydrogens is 368 g/mol. The Morgan fingerprint density at radius 1 is 1.38 bits per heavy atom. The second-order valence-corrected chi connectivity index (χ2v) is 8.47. The van der Waals surface area contributed by atoms with E-state index in [1.54, 1.807) is 7.11 Å². The summed E-state index contributed by atoms with van der Waals surface area (Å²) >= 11 is 0. The molecule has 3 heterocycles. The zero-order chi connectivity index (χ0) is 20.6. The van der Waals surface area contributed by atoms with Gasteiger partial charge in [-0.15, -0.1) is 0 Å². The minimum atomic E-state index is -0.370. The Kier molecular flexibility index (Phi) is 5.44. The van der Waals surface area contributed by atoms with Gasteiger partial charge in [-0.2, -0.15) is 0 Å². The smallest absolute Gasteiger partial charge is 0.318 e. The molecule has 4 rings (SSSR count). The highest BCUT2D eigenvalue weighted by Crippen LogP contribution is 2.48. The second kappa shape index (κ2) is 7.88. The Balaban J connectivity index is 1.85. The third kappa shape index (κ3) is 3.36. The molecule has 2 aliphatic heterocycles. The van der Waals surface area contributed by atoms with Crippen molar-refractivity contribution >= 4 is 16.9 Å². The van der Waals surface area contributed by atoms with E-state index in [9.17, 15) is 9.90 Å². The topological polar surface area (TPSA) is 80.8 Å². The number of H-pyrrole nitrogens is 1. The molecule has 0 saturated carbocycles. The minimum absolute atomic E-state index is 0.0916. The third-order valence-electron chi connectivity index (χ3n) is 6.65. The SMILES string of the molecule is CCCNC(=O)N1CC2(CCN(C)CC2)c2c([nH]c3cc(OC)ccc23)[C@@H]1CO. The number of fused-ring (bicyclic) bond motifs is 4. The molecule has 1 saturated heterocycles. The van der Waals surface area contributed by atoms with E-state index in [0.29, 0.717) is 13.1 Å². The number of aromatic amines is 1. The van der Waals surface area contributed by atoms with Crippen LogP contribution in [0.2, 0.25) is 0 Å². The number of rotatable bonds is 4. The predicted octanol–water partition coefficient (Wildman–Crippen LogP) is 2.61. The number of piperidine rings is 1. The average molecular weight is 401 g/mol. The summed E-state index contributed by atoms with van der Waals surface area (Å²) in [5.41, 5.74) is 3.14. The van der Waals surface area contributed by atoms with Crippen molar-refractivity contribution in [1.82, 2.24) is 20.1 Å². The van der Waals surface area contributed by atoms with Crippen LogP contribution in [0.25, 0.3) is 10.9 Å². The number of carbonyl (C=O) groups excluding carboxylic acids is 1. The normalized spacial score (nSPS) is 21.4. The van der Waals surface area contributed by atoms with Gasteiger partial charge in [0.2, 0.25) is 0 Å². The highest BCUT2D eigenvalue weighted by Gasteiger charge is 2.48. The van der Waals surface area contributed by atoms with Crippen LogP contribution in [0.4, 0.5) is 4.79 Å². The molecule has 2 amide bonds. The molecule has 1 atom stereocenters. The molecule has 1 aromatic heterocycles. The van der Waals surface area contributed by atoms with E-state index >= 15 is 0 Å². The van der Waals surface area contributed by atoms with Crippen molar-refractivity contribution in [3.63, 3.8) is 0 Å². The Labute approximate surface area is 172 Å². The van der Waals surface area contributed by atoms with Crippen molar-refractivity contribution in [2.45, 2.75) is 37.6 Å². The van der Waals surface area contributed by atoms with Crippen LogP contribution in [0.3, 0.4) is 0 Å². The maximum Gasteiger partial charge on any atom is 0.318 e. The summed E-state index contributed by atoms with van der Waals surface area (Å²) in [4.78, 5) is 20.7. The number of aliphatic hydroxyl groups excluding tert-OH is 1. The minimum Gasteiger partial charge on any atom is -0.497 e. The zero-order valence-electron chi connectivity index (χ0n) is 17.6. The molecule has 0 radical (unpaired) electrons. The molecule has 2 aliphatic rings. The average Bonchev–Trinajstić information content (AvgIpc) is 3.13. The monoisotopic (exact) mass is 400 g/mol. The Morgan fingerprint density at radius 2 is 2.14 bits per heavy atom. The number of amides is 2.